The van der Waals surface area contributed by atoms with Gasteiger partial charge in [0.25, 0.3) is 5.56 Å². The van der Waals surface area contributed by atoms with Crippen LogP contribution in [0, 0.1) is 4.77 Å². The lowest BCUT2D eigenvalue weighted by molar-refractivity contribution is 0.0336. The molecule has 82 valence electrons. The lowest BCUT2D eigenvalue weighted by atomic mass is 10.3. The minimum atomic E-state index is -0.151. The monoisotopic (exact) mass is 227 g/mol. The molecule has 1 aromatic rings. The summed E-state index contributed by atoms with van der Waals surface area (Å²) in [7, 11) is 0. The number of H-pyrrole nitrogens is 2. The van der Waals surface area contributed by atoms with Crippen molar-refractivity contribution in [3.05, 3.63) is 26.9 Å². The minimum absolute atomic E-state index is 0.151. The molecule has 1 aliphatic rings. The van der Waals surface area contributed by atoms with Crippen molar-refractivity contribution < 1.29 is 4.74 Å². The van der Waals surface area contributed by atoms with E-state index in [0.717, 1.165) is 38.5 Å². The predicted molar refractivity (Wildman–Crippen MR) is 58.3 cm³/mol. The highest BCUT2D eigenvalue weighted by Gasteiger charge is 2.10. The Morgan fingerprint density at radius 3 is 2.80 bits per heavy atom. The lowest BCUT2D eigenvalue weighted by Crippen LogP contribution is -2.36. The maximum atomic E-state index is 11.2. The quantitative estimate of drug-likeness (QED) is 0.712. The van der Waals surface area contributed by atoms with Crippen LogP contribution in [0.25, 0.3) is 0 Å². The van der Waals surface area contributed by atoms with Crippen molar-refractivity contribution in [1.82, 2.24) is 14.9 Å². The van der Waals surface area contributed by atoms with Crippen molar-refractivity contribution in [3.8, 4) is 0 Å². The molecule has 1 aromatic heterocycles. The maximum absolute atomic E-state index is 11.2. The standard InChI is InChI=1S/C9H13N3O2S/c13-8-5-7(10-9(15)11-8)6-12-1-3-14-4-2-12/h5H,1-4,6H2,(H2,10,11,13,15). The van der Waals surface area contributed by atoms with Crippen molar-refractivity contribution in [2.24, 2.45) is 0 Å². The minimum Gasteiger partial charge on any atom is -0.379 e. The zero-order chi connectivity index (χ0) is 10.7. The van der Waals surface area contributed by atoms with Crippen molar-refractivity contribution in [1.29, 1.82) is 0 Å². The highest BCUT2D eigenvalue weighted by atomic mass is 32.1. The van der Waals surface area contributed by atoms with Crippen LogP contribution >= 0.6 is 12.2 Å². The van der Waals surface area contributed by atoms with E-state index in [-0.39, 0.29) is 5.56 Å². The first-order chi connectivity index (χ1) is 7.24. The molecule has 15 heavy (non-hydrogen) atoms. The number of morpholine rings is 1. The molecule has 0 bridgehead atoms. The highest BCUT2D eigenvalue weighted by molar-refractivity contribution is 7.71. The second-order valence-electron chi connectivity index (χ2n) is 3.50. The number of aromatic amines is 2. The van der Waals surface area contributed by atoms with E-state index in [1.807, 2.05) is 0 Å². The summed E-state index contributed by atoms with van der Waals surface area (Å²) >= 11 is 4.90. The number of nitrogens with one attached hydrogen (secondary N) is 2. The third kappa shape index (κ3) is 2.98. The Bertz CT molecular complexity index is 405. The first-order valence-corrected chi connectivity index (χ1v) is 5.27. The highest BCUT2D eigenvalue weighted by Crippen LogP contribution is 2.02. The fraction of sp³-hybridized carbons (Fsp3) is 0.556. The van der Waals surface area contributed by atoms with Crippen LogP contribution < -0.4 is 5.56 Å². The van der Waals surface area contributed by atoms with Gasteiger partial charge in [0.2, 0.25) is 0 Å². The Labute approximate surface area is 92.1 Å². The van der Waals surface area contributed by atoms with Gasteiger partial charge in [-0.2, -0.15) is 0 Å². The van der Waals surface area contributed by atoms with Crippen LogP contribution in [-0.4, -0.2) is 41.2 Å². The SMILES string of the molecule is O=c1cc(CN2CCOCC2)[nH]c(=S)[nH]1. The third-order valence-electron chi connectivity index (χ3n) is 2.31. The predicted octanol–water partition coefficient (Wildman–Crippen LogP) is 0.265. The molecule has 2 rings (SSSR count). The maximum Gasteiger partial charge on any atom is 0.251 e. The van der Waals surface area contributed by atoms with Crippen molar-refractivity contribution in [3.63, 3.8) is 0 Å². The Balaban J connectivity index is 2.09. The molecule has 0 amide bonds. The summed E-state index contributed by atoms with van der Waals surface area (Å²) in [4.78, 5) is 18.9. The molecule has 2 heterocycles. The van der Waals surface area contributed by atoms with Gasteiger partial charge in [-0.05, 0) is 12.2 Å². The van der Waals surface area contributed by atoms with Crippen molar-refractivity contribution >= 4 is 12.2 Å². The Morgan fingerprint density at radius 1 is 1.40 bits per heavy atom. The summed E-state index contributed by atoms with van der Waals surface area (Å²) in [6.07, 6.45) is 0. The van der Waals surface area contributed by atoms with Crippen LogP contribution in [0.15, 0.2) is 10.9 Å². The van der Waals surface area contributed by atoms with Crippen LogP contribution in [0.3, 0.4) is 0 Å². The van der Waals surface area contributed by atoms with Crippen LogP contribution in [0.5, 0.6) is 0 Å². The van der Waals surface area contributed by atoms with Gasteiger partial charge >= 0.3 is 0 Å². The van der Waals surface area contributed by atoms with Gasteiger partial charge in [-0.25, -0.2) is 0 Å². The normalized spacial score (nSPS) is 17.9. The molecule has 0 atom stereocenters. The first kappa shape index (κ1) is 10.5. The number of nitrogens with zero attached hydrogens (tertiary/aromatic N) is 1. The van der Waals surface area contributed by atoms with Gasteiger partial charge in [-0.3, -0.25) is 14.7 Å². The summed E-state index contributed by atoms with van der Waals surface area (Å²) in [6, 6.07) is 1.55. The molecule has 0 saturated carbocycles. The smallest absolute Gasteiger partial charge is 0.251 e. The van der Waals surface area contributed by atoms with E-state index in [2.05, 4.69) is 14.9 Å². The molecular formula is C9H13N3O2S. The van der Waals surface area contributed by atoms with Crippen LogP contribution in [0.4, 0.5) is 0 Å². The van der Waals surface area contributed by atoms with E-state index < -0.39 is 0 Å². The summed E-state index contributed by atoms with van der Waals surface area (Å²) in [5.74, 6) is 0. The molecule has 1 fully saturated rings. The molecule has 0 spiro atoms. The van der Waals surface area contributed by atoms with E-state index in [9.17, 15) is 4.79 Å². The summed E-state index contributed by atoms with van der Waals surface area (Å²) in [6.45, 7) is 4.02. The van der Waals surface area contributed by atoms with Gasteiger partial charge in [0.1, 0.15) is 0 Å². The average Bonchev–Trinajstić information content (AvgIpc) is 2.17. The molecule has 0 unspecified atom stereocenters. The summed E-state index contributed by atoms with van der Waals surface area (Å²) in [5.41, 5.74) is 0.702. The van der Waals surface area contributed by atoms with Gasteiger partial charge in [0.15, 0.2) is 4.77 Å². The number of aromatic nitrogens is 2. The van der Waals surface area contributed by atoms with Gasteiger partial charge in [0, 0.05) is 31.4 Å². The molecule has 0 radical (unpaired) electrons. The molecule has 1 aliphatic heterocycles. The first-order valence-electron chi connectivity index (χ1n) is 4.87. The van der Waals surface area contributed by atoms with E-state index in [1.165, 1.54) is 0 Å². The van der Waals surface area contributed by atoms with Crippen LogP contribution in [-0.2, 0) is 11.3 Å². The Morgan fingerprint density at radius 2 is 2.13 bits per heavy atom. The molecule has 6 heteroatoms. The zero-order valence-electron chi connectivity index (χ0n) is 8.28. The van der Waals surface area contributed by atoms with Gasteiger partial charge in [-0.15, -0.1) is 0 Å². The topological polar surface area (TPSA) is 61.1 Å². The molecular weight excluding hydrogens is 214 g/mol. The Hall–Kier alpha value is -0.980. The van der Waals surface area contributed by atoms with E-state index in [4.69, 9.17) is 17.0 Å². The van der Waals surface area contributed by atoms with Gasteiger partial charge in [0.05, 0.1) is 13.2 Å². The summed E-state index contributed by atoms with van der Waals surface area (Å²) < 4.78 is 5.62. The molecule has 2 N–H and O–H groups in total. The van der Waals surface area contributed by atoms with Gasteiger partial charge < -0.3 is 9.72 Å². The van der Waals surface area contributed by atoms with Crippen LogP contribution in [0.1, 0.15) is 5.69 Å². The van der Waals surface area contributed by atoms with Crippen molar-refractivity contribution in [2.75, 3.05) is 26.3 Å². The molecule has 0 aliphatic carbocycles. The average molecular weight is 227 g/mol. The fourth-order valence-electron chi connectivity index (χ4n) is 1.60. The number of hydrogen-bond donors (Lipinski definition) is 2. The zero-order valence-corrected chi connectivity index (χ0v) is 9.10. The van der Waals surface area contributed by atoms with Crippen LogP contribution in [0.2, 0.25) is 0 Å². The number of hydrogen-bond acceptors (Lipinski definition) is 4. The van der Waals surface area contributed by atoms with Gasteiger partial charge in [-0.1, -0.05) is 0 Å². The Kier molecular flexibility index (Phi) is 3.30. The largest absolute Gasteiger partial charge is 0.379 e. The molecule has 1 saturated heterocycles. The lowest BCUT2D eigenvalue weighted by Gasteiger charge is -2.26. The molecule has 5 nitrogen and oxygen atoms in total. The van der Waals surface area contributed by atoms with E-state index >= 15 is 0 Å². The summed E-state index contributed by atoms with van der Waals surface area (Å²) in [5, 5.41) is 0. The van der Waals surface area contributed by atoms with E-state index in [1.54, 1.807) is 6.07 Å². The second-order valence-corrected chi connectivity index (χ2v) is 3.91. The number of ether oxygens (including phenoxy) is 1. The fourth-order valence-corrected chi connectivity index (χ4v) is 1.84. The van der Waals surface area contributed by atoms with E-state index in [0.29, 0.717) is 4.77 Å². The molecule has 0 aromatic carbocycles. The number of rotatable bonds is 2. The van der Waals surface area contributed by atoms with Crippen molar-refractivity contribution in [2.45, 2.75) is 6.54 Å². The third-order valence-corrected chi connectivity index (χ3v) is 2.52. The second kappa shape index (κ2) is 4.69.